The largest absolute Gasteiger partial charge is 0.336 e. The molecular weight excluding hydrogens is 248 g/mol. The number of alkyl halides is 3. The van der Waals surface area contributed by atoms with Gasteiger partial charge in [0.1, 0.15) is 0 Å². The molecule has 0 aromatic heterocycles. The number of nitrogens with zero attached hydrogens (tertiary/aromatic N) is 1. The first-order valence-electron chi connectivity index (χ1n) is 6.19. The van der Waals surface area contributed by atoms with E-state index in [0.717, 1.165) is 19.3 Å². The van der Waals surface area contributed by atoms with Crippen LogP contribution in [0.4, 0.5) is 8.78 Å². The van der Waals surface area contributed by atoms with E-state index in [4.69, 9.17) is 11.6 Å². The van der Waals surface area contributed by atoms with Crippen LogP contribution in [0.5, 0.6) is 0 Å². The van der Waals surface area contributed by atoms with Gasteiger partial charge in [-0.15, -0.1) is 11.6 Å². The molecule has 0 spiro atoms. The summed E-state index contributed by atoms with van der Waals surface area (Å²) < 4.78 is 24.7. The van der Waals surface area contributed by atoms with Gasteiger partial charge in [-0.1, -0.05) is 26.7 Å². The number of hydrogen-bond donors (Lipinski definition) is 0. The van der Waals surface area contributed by atoms with Gasteiger partial charge in [0.2, 0.25) is 5.91 Å². The zero-order chi connectivity index (χ0) is 13.3. The molecule has 1 amide bonds. The number of carbonyl (C=O) groups is 1. The average Bonchev–Trinajstić information content (AvgIpc) is 2.28. The van der Waals surface area contributed by atoms with E-state index in [-0.39, 0.29) is 24.2 Å². The first-order valence-corrected chi connectivity index (χ1v) is 6.73. The Hall–Kier alpha value is -0.380. The van der Waals surface area contributed by atoms with Crippen molar-refractivity contribution in [3.63, 3.8) is 0 Å². The molecule has 0 aromatic carbocycles. The number of rotatable bonds is 9. The minimum absolute atomic E-state index is 0.142. The molecule has 0 heterocycles. The zero-order valence-corrected chi connectivity index (χ0v) is 11.3. The quantitative estimate of drug-likeness (QED) is 0.587. The average molecular weight is 270 g/mol. The van der Waals surface area contributed by atoms with Crippen LogP contribution in [0.25, 0.3) is 0 Å². The molecule has 0 bridgehead atoms. The fourth-order valence-electron chi connectivity index (χ4n) is 1.77. The van der Waals surface area contributed by atoms with Crippen molar-refractivity contribution in [1.29, 1.82) is 0 Å². The summed E-state index contributed by atoms with van der Waals surface area (Å²) in [5.41, 5.74) is 0. The number of carbonyl (C=O) groups excluding carboxylic acids is 1. The second kappa shape index (κ2) is 9.63. The summed E-state index contributed by atoms with van der Waals surface area (Å²) >= 11 is 5.54. The maximum Gasteiger partial charge on any atom is 0.255 e. The Morgan fingerprint density at radius 1 is 1.35 bits per heavy atom. The molecule has 1 unspecified atom stereocenters. The van der Waals surface area contributed by atoms with E-state index in [1.165, 1.54) is 4.90 Å². The molecule has 2 nitrogen and oxygen atoms in total. The van der Waals surface area contributed by atoms with Crippen molar-refractivity contribution in [2.24, 2.45) is 5.92 Å². The molecule has 102 valence electrons. The van der Waals surface area contributed by atoms with Crippen molar-refractivity contribution in [2.45, 2.75) is 46.0 Å². The minimum atomic E-state index is -2.49. The fraction of sp³-hybridized carbons (Fsp3) is 0.917. The van der Waals surface area contributed by atoms with Gasteiger partial charge in [-0.2, -0.15) is 0 Å². The monoisotopic (exact) mass is 269 g/mol. The van der Waals surface area contributed by atoms with Crippen molar-refractivity contribution in [3.8, 4) is 0 Å². The topological polar surface area (TPSA) is 20.3 Å². The molecular formula is C12H22ClF2NO. The SMILES string of the molecule is CCCCC(CC)C(=O)N(CCCl)CC(F)F. The summed E-state index contributed by atoms with van der Waals surface area (Å²) in [6.45, 7) is 3.66. The lowest BCUT2D eigenvalue weighted by Crippen LogP contribution is -2.40. The maximum absolute atomic E-state index is 12.4. The summed E-state index contributed by atoms with van der Waals surface area (Å²) in [6.07, 6.45) is 0.932. The molecule has 0 saturated carbocycles. The van der Waals surface area contributed by atoms with Crippen molar-refractivity contribution >= 4 is 17.5 Å². The van der Waals surface area contributed by atoms with Gasteiger partial charge in [0.15, 0.2) is 0 Å². The Kier molecular flexibility index (Phi) is 9.41. The lowest BCUT2D eigenvalue weighted by Gasteiger charge is -2.26. The van der Waals surface area contributed by atoms with E-state index in [1.54, 1.807) is 0 Å². The van der Waals surface area contributed by atoms with Crippen LogP contribution in [0.2, 0.25) is 0 Å². The summed E-state index contributed by atoms with van der Waals surface area (Å²) in [6, 6.07) is 0. The van der Waals surface area contributed by atoms with Crippen LogP contribution < -0.4 is 0 Å². The van der Waals surface area contributed by atoms with Gasteiger partial charge < -0.3 is 4.90 Å². The minimum Gasteiger partial charge on any atom is -0.336 e. The predicted molar refractivity (Wildman–Crippen MR) is 66.6 cm³/mol. The van der Waals surface area contributed by atoms with Crippen LogP contribution in [0, 0.1) is 5.92 Å². The summed E-state index contributed by atoms with van der Waals surface area (Å²) in [5, 5.41) is 0. The Labute approximate surface area is 107 Å². The number of halogens is 3. The van der Waals surface area contributed by atoms with Crippen molar-refractivity contribution in [2.75, 3.05) is 19.0 Å². The first kappa shape index (κ1) is 16.6. The van der Waals surface area contributed by atoms with Gasteiger partial charge in [-0.3, -0.25) is 4.79 Å². The van der Waals surface area contributed by atoms with Crippen LogP contribution in [-0.2, 0) is 4.79 Å². The lowest BCUT2D eigenvalue weighted by molar-refractivity contribution is -0.137. The highest BCUT2D eigenvalue weighted by Crippen LogP contribution is 2.16. The molecule has 0 aliphatic carbocycles. The number of amides is 1. The molecule has 0 fully saturated rings. The third-order valence-electron chi connectivity index (χ3n) is 2.77. The summed E-state index contributed by atoms with van der Waals surface area (Å²) in [5.74, 6) is -0.123. The second-order valence-electron chi connectivity index (χ2n) is 4.11. The predicted octanol–water partition coefficient (Wildman–Crippen LogP) is 3.54. The Morgan fingerprint density at radius 3 is 2.41 bits per heavy atom. The molecule has 1 atom stereocenters. The third kappa shape index (κ3) is 6.81. The Bertz CT molecular complexity index is 215. The highest BCUT2D eigenvalue weighted by Gasteiger charge is 2.24. The van der Waals surface area contributed by atoms with Crippen molar-refractivity contribution in [3.05, 3.63) is 0 Å². The molecule has 0 aromatic rings. The molecule has 0 N–H and O–H groups in total. The molecule has 0 radical (unpaired) electrons. The van der Waals surface area contributed by atoms with E-state index >= 15 is 0 Å². The second-order valence-corrected chi connectivity index (χ2v) is 4.49. The van der Waals surface area contributed by atoms with Gasteiger partial charge in [0.05, 0.1) is 6.54 Å². The lowest BCUT2D eigenvalue weighted by atomic mass is 9.98. The van der Waals surface area contributed by atoms with Crippen LogP contribution in [-0.4, -0.2) is 36.2 Å². The highest BCUT2D eigenvalue weighted by molar-refractivity contribution is 6.18. The van der Waals surface area contributed by atoms with E-state index in [2.05, 4.69) is 0 Å². The van der Waals surface area contributed by atoms with Crippen LogP contribution in [0.3, 0.4) is 0 Å². The zero-order valence-electron chi connectivity index (χ0n) is 10.6. The highest BCUT2D eigenvalue weighted by atomic mass is 35.5. The van der Waals surface area contributed by atoms with Gasteiger partial charge in [-0.05, 0) is 12.8 Å². The van der Waals surface area contributed by atoms with E-state index < -0.39 is 13.0 Å². The molecule has 0 saturated heterocycles. The van der Waals surface area contributed by atoms with Gasteiger partial charge in [0, 0.05) is 18.3 Å². The molecule has 5 heteroatoms. The van der Waals surface area contributed by atoms with Crippen LogP contribution in [0.1, 0.15) is 39.5 Å². The molecule has 0 aliphatic heterocycles. The Morgan fingerprint density at radius 2 is 2.00 bits per heavy atom. The standard InChI is InChI=1S/C12H22ClF2NO/c1-3-5-6-10(4-2)12(17)16(8-7-13)9-11(14)15/h10-11H,3-9H2,1-2H3. The molecule has 0 rings (SSSR count). The molecule has 17 heavy (non-hydrogen) atoms. The third-order valence-corrected chi connectivity index (χ3v) is 2.94. The fourth-order valence-corrected chi connectivity index (χ4v) is 1.98. The van der Waals surface area contributed by atoms with Crippen molar-refractivity contribution in [1.82, 2.24) is 4.90 Å². The van der Waals surface area contributed by atoms with Gasteiger partial charge >= 0.3 is 0 Å². The van der Waals surface area contributed by atoms with Crippen LogP contribution in [0.15, 0.2) is 0 Å². The normalized spacial score (nSPS) is 12.8. The van der Waals surface area contributed by atoms with E-state index in [1.807, 2.05) is 13.8 Å². The smallest absolute Gasteiger partial charge is 0.255 e. The van der Waals surface area contributed by atoms with E-state index in [9.17, 15) is 13.6 Å². The first-order chi connectivity index (χ1) is 8.06. The van der Waals surface area contributed by atoms with Gasteiger partial charge in [-0.25, -0.2) is 8.78 Å². The summed E-state index contributed by atoms with van der Waals surface area (Å²) in [7, 11) is 0. The van der Waals surface area contributed by atoms with Crippen LogP contribution >= 0.6 is 11.6 Å². The number of unbranched alkanes of at least 4 members (excludes halogenated alkanes) is 1. The number of hydrogen-bond acceptors (Lipinski definition) is 1. The molecule has 0 aliphatic rings. The van der Waals surface area contributed by atoms with Gasteiger partial charge in [0.25, 0.3) is 6.43 Å². The summed E-state index contributed by atoms with van der Waals surface area (Å²) in [4.78, 5) is 13.2. The van der Waals surface area contributed by atoms with E-state index in [0.29, 0.717) is 6.42 Å². The Balaban J connectivity index is 4.43. The maximum atomic E-state index is 12.4. The van der Waals surface area contributed by atoms with Crippen molar-refractivity contribution < 1.29 is 13.6 Å².